The monoisotopic (exact) mass is 390 g/mol. The molecule has 2 aromatic carbocycles. The maximum absolute atomic E-state index is 12.5. The third kappa shape index (κ3) is 3.47. The topological polar surface area (TPSA) is 59.3 Å². The van der Waals surface area contributed by atoms with Crippen LogP contribution in [0.3, 0.4) is 0 Å². The summed E-state index contributed by atoms with van der Waals surface area (Å²) in [6, 6.07) is 18.1. The molecule has 142 valence electrons. The van der Waals surface area contributed by atoms with E-state index >= 15 is 0 Å². The Hall–Kier alpha value is -2.86. The summed E-state index contributed by atoms with van der Waals surface area (Å²) in [5, 5.41) is 13.5. The largest absolute Gasteiger partial charge is 0.325 e. The third-order valence-electron chi connectivity index (χ3n) is 4.76. The molecular formula is C22H22N4OS. The van der Waals surface area contributed by atoms with Crippen LogP contribution in [0.5, 0.6) is 0 Å². The molecule has 4 aromatic rings. The second kappa shape index (κ2) is 7.64. The second-order valence-electron chi connectivity index (χ2n) is 7.10. The average Bonchev–Trinajstić information content (AvgIpc) is 3.10. The van der Waals surface area contributed by atoms with Gasteiger partial charge in [-0.1, -0.05) is 62.0 Å². The minimum absolute atomic E-state index is 0.0498. The highest BCUT2D eigenvalue weighted by Gasteiger charge is 2.14. The Labute approximate surface area is 168 Å². The molecule has 4 rings (SSSR count). The van der Waals surface area contributed by atoms with Gasteiger partial charge in [-0.25, -0.2) is 0 Å². The minimum atomic E-state index is -0.0498. The smallest absolute Gasteiger partial charge is 0.234 e. The van der Waals surface area contributed by atoms with Gasteiger partial charge in [0.2, 0.25) is 5.91 Å². The first-order chi connectivity index (χ1) is 13.5. The fourth-order valence-electron chi connectivity index (χ4n) is 3.40. The molecule has 0 saturated carbocycles. The second-order valence-corrected chi connectivity index (χ2v) is 8.04. The van der Waals surface area contributed by atoms with Crippen molar-refractivity contribution in [2.75, 3.05) is 11.1 Å². The number of hydrogen-bond acceptors (Lipinski definition) is 4. The van der Waals surface area contributed by atoms with Gasteiger partial charge in [0.05, 0.1) is 11.3 Å². The average molecular weight is 391 g/mol. The zero-order valence-electron chi connectivity index (χ0n) is 16.1. The Morgan fingerprint density at radius 1 is 1.11 bits per heavy atom. The van der Waals surface area contributed by atoms with Gasteiger partial charge in [0.25, 0.3) is 0 Å². The highest BCUT2D eigenvalue weighted by Crippen LogP contribution is 2.27. The molecule has 28 heavy (non-hydrogen) atoms. The maximum atomic E-state index is 12.5. The zero-order chi connectivity index (χ0) is 19.7. The molecule has 0 radical (unpaired) electrons. The van der Waals surface area contributed by atoms with E-state index in [4.69, 9.17) is 0 Å². The van der Waals surface area contributed by atoms with Gasteiger partial charge in [-0.05, 0) is 42.2 Å². The van der Waals surface area contributed by atoms with Crippen molar-refractivity contribution >= 4 is 39.9 Å². The number of para-hydroxylation sites is 2. The predicted octanol–water partition coefficient (Wildman–Crippen LogP) is 5.05. The van der Waals surface area contributed by atoms with Gasteiger partial charge in [-0.3, -0.25) is 9.20 Å². The highest BCUT2D eigenvalue weighted by atomic mass is 32.2. The summed E-state index contributed by atoms with van der Waals surface area (Å²) in [4.78, 5) is 12.5. The van der Waals surface area contributed by atoms with Crippen LogP contribution in [-0.4, -0.2) is 26.3 Å². The lowest BCUT2D eigenvalue weighted by Crippen LogP contribution is -2.15. The summed E-state index contributed by atoms with van der Waals surface area (Å²) in [5.74, 6) is 0.570. The predicted molar refractivity (Wildman–Crippen MR) is 115 cm³/mol. The molecule has 5 nitrogen and oxygen atoms in total. The van der Waals surface area contributed by atoms with Crippen LogP contribution in [0.2, 0.25) is 0 Å². The number of thioether (sulfide) groups is 1. The zero-order valence-corrected chi connectivity index (χ0v) is 17.0. The lowest BCUT2D eigenvalue weighted by atomic mass is 10.0. The minimum Gasteiger partial charge on any atom is -0.325 e. The molecule has 6 heteroatoms. The van der Waals surface area contributed by atoms with Crippen molar-refractivity contribution in [1.29, 1.82) is 0 Å². The SMILES string of the molecule is Cc1cc2nnc(SCC(=O)Nc3ccccc3C(C)C)n2c2ccccc12. The van der Waals surface area contributed by atoms with Gasteiger partial charge in [-0.2, -0.15) is 0 Å². The van der Waals surface area contributed by atoms with E-state index < -0.39 is 0 Å². The Kier molecular flexibility index (Phi) is 5.05. The molecule has 0 atom stereocenters. The molecule has 2 aromatic heterocycles. The van der Waals surface area contributed by atoms with E-state index in [1.807, 2.05) is 46.9 Å². The molecule has 0 bridgehead atoms. The van der Waals surface area contributed by atoms with E-state index in [0.29, 0.717) is 5.92 Å². The van der Waals surface area contributed by atoms with Crippen molar-refractivity contribution in [2.24, 2.45) is 0 Å². The number of hydrogen-bond donors (Lipinski definition) is 1. The maximum Gasteiger partial charge on any atom is 0.234 e. The van der Waals surface area contributed by atoms with Gasteiger partial charge in [-0.15, -0.1) is 10.2 Å². The van der Waals surface area contributed by atoms with Crippen molar-refractivity contribution in [1.82, 2.24) is 14.6 Å². The van der Waals surface area contributed by atoms with Crippen LogP contribution in [0.1, 0.15) is 30.9 Å². The fraction of sp³-hybridized carbons (Fsp3) is 0.227. The number of carbonyl (C=O) groups excluding carboxylic acids is 1. The first kappa shape index (κ1) is 18.5. The van der Waals surface area contributed by atoms with Crippen molar-refractivity contribution in [3.63, 3.8) is 0 Å². The van der Waals surface area contributed by atoms with Crippen molar-refractivity contribution in [3.05, 3.63) is 65.7 Å². The van der Waals surface area contributed by atoms with E-state index in [9.17, 15) is 4.79 Å². The van der Waals surface area contributed by atoms with Crippen LogP contribution in [0, 0.1) is 6.92 Å². The van der Waals surface area contributed by atoms with E-state index in [-0.39, 0.29) is 11.7 Å². The summed E-state index contributed by atoms with van der Waals surface area (Å²) in [7, 11) is 0. The number of rotatable bonds is 5. The number of aryl methyl sites for hydroxylation is 1. The quantitative estimate of drug-likeness (QED) is 0.485. The van der Waals surface area contributed by atoms with E-state index in [1.165, 1.54) is 11.8 Å². The van der Waals surface area contributed by atoms with Crippen molar-refractivity contribution < 1.29 is 4.79 Å². The Balaban J connectivity index is 1.57. The molecule has 0 fully saturated rings. The number of anilines is 1. The number of pyridine rings is 1. The summed E-state index contributed by atoms with van der Waals surface area (Å²) < 4.78 is 2.02. The number of carbonyl (C=O) groups is 1. The highest BCUT2D eigenvalue weighted by molar-refractivity contribution is 7.99. The Morgan fingerprint density at radius 3 is 2.68 bits per heavy atom. The van der Waals surface area contributed by atoms with Gasteiger partial charge in [0.1, 0.15) is 0 Å². The van der Waals surface area contributed by atoms with Gasteiger partial charge in [0.15, 0.2) is 10.8 Å². The van der Waals surface area contributed by atoms with Crippen molar-refractivity contribution in [2.45, 2.75) is 31.8 Å². The van der Waals surface area contributed by atoms with Crippen LogP contribution in [0.15, 0.2) is 59.8 Å². The molecule has 0 spiro atoms. The number of nitrogens with zero attached hydrogens (tertiary/aromatic N) is 3. The Bertz CT molecular complexity index is 1170. The van der Waals surface area contributed by atoms with Crippen LogP contribution in [0.4, 0.5) is 5.69 Å². The van der Waals surface area contributed by atoms with Gasteiger partial charge < -0.3 is 5.32 Å². The van der Waals surface area contributed by atoms with Crippen LogP contribution < -0.4 is 5.32 Å². The summed E-state index contributed by atoms with van der Waals surface area (Å²) >= 11 is 1.40. The van der Waals surface area contributed by atoms with Crippen LogP contribution in [0.25, 0.3) is 16.6 Å². The number of benzene rings is 2. The number of nitrogens with one attached hydrogen (secondary N) is 1. The van der Waals surface area contributed by atoms with Crippen molar-refractivity contribution in [3.8, 4) is 0 Å². The molecule has 0 unspecified atom stereocenters. The summed E-state index contributed by atoms with van der Waals surface area (Å²) in [5.41, 5.74) is 5.01. The molecule has 0 aliphatic carbocycles. The van der Waals surface area contributed by atoms with Gasteiger partial charge in [0, 0.05) is 11.1 Å². The first-order valence-electron chi connectivity index (χ1n) is 9.29. The number of fused-ring (bicyclic) bond motifs is 3. The van der Waals surface area contributed by atoms with E-state index in [2.05, 4.69) is 48.4 Å². The molecular weight excluding hydrogens is 368 g/mol. The standard InChI is InChI=1S/C22H22N4OS/c1-14(2)16-8-4-6-10-18(16)23-21(27)13-28-22-25-24-20-12-15(3)17-9-5-7-11-19(17)26(20)22/h4-12,14H,13H2,1-3H3,(H,23,27). The Morgan fingerprint density at radius 2 is 1.86 bits per heavy atom. The fourth-order valence-corrected chi connectivity index (χ4v) is 4.15. The number of amides is 1. The molecule has 1 N–H and O–H groups in total. The lowest BCUT2D eigenvalue weighted by Gasteiger charge is -2.13. The van der Waals surface area contributed by atoms with Gasteiger partial charge >= 0.3 is 0 Å². The molecule has 2 heterocycles. The molecule has 1 amide bonds. The third-order valence-corrected chi connectivity index (χ3v) is 5.69. The molecule has 0 aliphatic heterocycles. The first-order valence-corrected chi connectivity index (χ1v) is 10.3. The summed E-state index contributed by atoms with van der Waals surface area (Å²) in [6.45, 7) is 6.31. The van der Waals surface area contributed by atoms with E-state index in [0.717, 1.165) is 38.5 Å². The van der Waals surface area contributed by atoms with Crippen LogP contribution in [-0.2, 0) is 4.79 Å². The molecule has 0 saturated heterocycles. The molecule has 0 aliphatic rings. The lowest BCUT2D eigenvalue weighted by molar-refractivity contribution is -0.113. The normalized spacial score (nSPS) is 11.4. The summed E-state index contributed by atoms with van der Waals surface area (Å²) in [6.07, 6.45) is 0. The van der Waals surface area contributed by atoms with Crippen LogP contribution >= 0.6 is 11.8 Å². The van der Waals surface area contributed by atoms with E-state index in [1.54, 1.807) is 0 Å². The number of aromatic nitrogens is 3.